The van der Waals surface area contributed by atoms with Crippen LogP contribution in [0.4, 0.5) is 0 Å². The molecule has 22 heavy (non-hydrogen) atoms. The highest BCUT2D eigenvalue weighted by Crippen LogP contribution is 2.25. The molecule has 0 aliphatic carbocycles. The Kier molecular flexibility index (Phi) is 6.52. The van der Waals surface area contributed by atoms with E-state index < -0.39 is 11.9 Å². The molecule has 0 heterocycles. The smallest absolute Gasteiger partial charge is 0.0718 e. The van der Waals surface area contributed by atoms with Gasteiger partial charge in [0.2, 0.25) is 0 Å². The van der Waals surface area contributed by atoms with Gasteiger partial charge in [0, 0.05) is 24.3 Å². The van der Waals surface area contributed by atoms with Gasteiger partial charge < -0.3 is 30.0 Å². The molecule has 0 fully saturated rings. The van der Waals surface area contributed by atoms with Crippen molar-refractivity contribution in [1.82, 2.24) is 0 Å². The summed E-state index contributed by atoms with van der Waals surface area (Å²) in [6, 6.07) is 2.38. The first-order valence-corrected chi connectivity index (χ1v) is 7.10. The number of carboxylic acids is 2. The van der Waals surface area contributed by atoms with E-state index in [1.807, 2.05) is 0 Å². The van der Waals surface area contributed by atoms with Crippen molar-refractivity contribution in [3.8, 4) is 0 Å². The normalized spacial score (nSPS) is 13.6. The zero-order chi connectivity index (χ0) is 16.9. The van der Waals surface area contributed by atoms with E-state index in [0.717, 1.165) is 0 Å². The summed E-state index contributed by atoms with van der Waals surface area (Å²) in [6.45, 7) is 3.14. The number of hydrogen-bond donors (Lipinski definition) is 2. The summed E-state index contributed by atoms with van der Waals surface area (Å²) in [5, 5.41) is 41.0. The molecule has 0 bridgehead atoms. The number of aliphatic hydroxyl groups excluding tert-OH is 2. The first-order valence-electron chi connectivity index (χ1n) is 7.10. The molecular weight excluding hydrogens is 288 g/mol. The van der Waals surface area contributed by atoms with Gasteiger partial charge in [-0.25, -0.2) is 0 Å². The summed E-state index contributed by atoms with van der Waals surface area (Å²) < 4.78 is 0. The van der Waals surface area contributed by atoms with Crippen molar-refractivity contribution in [2.45, 2.75) is 26.7 Å². The minimum Gasteiger partial charge on any atom is -0.545 e. The van der Waals surface area contributed by atoms with Crippen LogP contribution in [0.2, 0.25) is 0 Å². The molecule has 2 unspecified atom stereocenters. The van der Waals surface area contributed by atoms with Gasteiger partial charge in [0.15, 0.2) is 0 Å². The molecule has 2 N–H and O–H groups in total. The Morgan fingerprint density at radius 2 is 1.23 bits per heavy atom. The summed E-state index contributed by atoms with van der Waals surface area (Å²) in [6.07, 6.45) is 0.406. The number of carboxylic acid groups (broad SMARTS) is 2. The molecule has 0 aromatic heterocycles. The third-order valence-corrected chi connectivity index (χ3v) is 3.60. The average Bonchev–Trinajstić information content (AvgIpc) is 2.47. The molecule has 0 spiro atoms. The van der Waals surface area contributed by atoms with E-state index in [2.05, 4.69) is 0 Å². The molecule has 122 valence electrons. The molecule has 6 heteroatoms. The first-order chi connectivity index (χ1) is 10.3. The fourth-order valence-electron chi connectivity index (χ4n) is 2.37. The van der Waals surface area contributed by atoms with E-state index in [1.165, 1.54) is 12.1 Å². The van der Waals surface area contributed by atoms with E-state index in [4.69, 9.17) is 0 Å². The Hall–Kier alpha value is -1.92. The Morgan fingerprint density at radius 1 is 0.909 bits per heavy atom. The zero-order valence-corrected chi connectivity index (χ0v) is 12.7. The Bertz CT molecular complexity index is 503. The standard InChI is InChI=1S/C16H22O6/c1-9(7-17)5-13-11(15(19)20)3-4-12(16(21)22)14(13)6-10(2)8-18/h3-4,9-10,17-18H,5-8H2,1-2H3,(H,19,20)(H,21,22)/p-2. The van der Waals surface area contributed by atoms with Gasteiger partial charge in [-0.1, -0.05) is 26.0 Å². The van der Waals surface area contributed by atoms with Gasteiger partial charge in [-0.3, -0.25) is 0 Å². The van der Waals surface area contributed by atoms with E-state index in [1.54, 1.807) is 13.8 Å². The Morgan fingerprint density at radius 3 is 1.45 bits per heavy atom. The van der Waals surface area contributed by atoms with Gasteiger partial charge in [0.05, 0.1) is 11.9 Å². The number of rotatable bonds is 8. The fraction of sp³-hybridized carbons (Fsp3) is 0.500. The van der Waals surface area contributed by atoms with Gasteiger partial charge >= 0.3 is 0 Å². The van der Waals surface area contributed by atoms with Gasteiger partial charge in [-0.2, -0.15) is 0 Å². The topological polar surface area (TPSA) is 121 Å². The molecule has 0 amide bonds. The minimum atomic E-state index is -1.40. The highest BCUT2D eigenvalue weighted by atomic mass is 16.4. The highest BCUT2D eigenvalue weighted by molar-refractivity contribution is 5.93. The van der Waals surface area contributed by atoms with Crippen LogP contribution in [0.3, 0.4) is 0 Å². The SMILES string of the molecule is CC(CO)Cc1c(C(=O)[O-])ccc(C(=O)[O-])c1CC(C)CO. The van der Waals surface area contributed by atoms with Crippen LogP contribution in [0.1, 0.15) is 45.7 Å². The maximum Gasteiger partial charge on any atom is 0.0718 e. The predicted molar refractivity (Wildman–Crippen MR) is 75.0 cm³/mol. The second-order valence-electron chi connectivity index (χ2n) is 5.68. The van der Waals surface area contributed by atoms with Gasteiger partial charge in [-0.05, 0) is 35.8 Å². The Labute approximate surface area is 129 Å². The number of carbonyl (C=O) groups is 2. The lowest BCUT2D eigenvalue weighted by Crippen LogP contribution is -2.29. The number of hydrogen-bond acceptors (Lipinski definition) is 6. The summed E-state index contributed by atoms with van der Waals surface area (Å²) in [7, 11) is 0. The summed E-state index contributed by atoms with van der Waals surface area (Å²) in [5.41, 5.74) is 0.461. The van der Waals surface area contributed by atoms with E-state index >= 15 is 0 Å². The van der Waals surface area contributed by atoms with Crippen molar-refractivity contribution >= 4 is 11.9 Å². The summed E-state index contributed by atoms with van der Waals surface area (Å²) in [4.78, 5) is 22.6. The van der Waals surface area contributed by atoms with Crippen LogP contribution in [-0.4, -0.2) is 35.4 Å². The molecule has 6 nitrogen and oxygen atoms in total. The van der Waals surface area contributed by atoms with Crippen LogP contribution < -0.4 is 10.2 Å². The molecule has 0 aliphatic heterocycles. The van der Waals surface area contributed by atoms with Crippen molar-refractivity contribution in [2.75, 3.05) is 13.2 Å². The minimum absolute atomic E-state index is 0.0922. The van der Waals surface area contributed by atoms with Crippen LogP contribution in [0.15, 0.2) is 12.1 Å². The molecule has 0 aliphatic rings. The number of aromatic carboxylic acids is 2. The predicted octanol–water partition coefficient (Wildman–Crippen LogP) is -1.24. The average molecular weight is 308 g/mol. The van der Waals surface area contributed by atoms with Crippen molar-refractivity contribution in [2.24, 2.45) is 11.8 Å². The third-order valence-electron chi connectivity index (χ3n) is 3.60. The second kappa shape index (κ2) is 7.91. The zero-order valence-electron chi connectivity index (χ0n) is 12.7. The van der Waals surface area contributed by atoms with Crippen molar-refractivity contribution in [1.29, 1.82) is 0 Å². The molecule has 0 saturated heterocycles. The molecule has 2 atom stereocenters. The van der Waals surface area contributed by atoms with Crippen LogP contribution in [0.25, 0.3) is 0 Å². The maximum absolute atomic E-state index is 11.3. The van der Waals surface area contributed by atoms with E-state index in [-0.39, 0.29) is 49.0 Å². The highest BCUT2D eigenvalue weighted by Gasteiger charge is 2.18. The molecule has 1 aromatic carbocycles. The van der Waals surface area contributed by atoms with E-state index in [0.29, 0.717) is 11.1 Å². The molecule has 0 radical (unpaired) electrons. The largest absolute Gasteiger partial charge is 0.545 e. The monoisotopic (exact) mass is 308 g/mol. The number of aliphatic hydroxyl groups is 2. The van der Waals surface area contributed by atoms with Crippen LogP contribution in [-0.2, 0) is 12.8 Å². The lowest BCUT2D eigenvalue weighted by atomic mass is 9.85. The van der Waals surface area contributed by atoms with Crippen LogP contribution >= 0.6 is 0 Å². The van der Waals surface area contributed by atoms with Crippen molar-refractivity contribution < 1.29 is 30.0 Å². The Balaban J connectivity index is 3.50. The number of benzene rings is 1. The lowest BCUT2D eigenvalue weighted by molar-refractivity contribution is -0.256. The molecule has 1 aromatic rings. The quantitative estimate of drug-likeness (QED) is 0.619. The fourth-order valence-corrected chi connectivity index (χ4v) is 2.37. The maximum atomic E-state index is 11.3. The first kappa shape index (κ1) is 18.1. The second-order valence-corrected chi connectivity index (χ2v) is 5.68. The lowest BCUT2D eigenvalue weighted by Gasteiger charge is -2.23. The van der Waals surface area contributed by atoms with Crippen molar-refractivity contribution in [3.63, 3.8) is 0 Å². The van der Waals surface area contributed by atoms with Crippen LogP contribution in [0, 0.1) is 11.8 Å². The molecule has 1 rings (SSSR count). The third kappa shape index (κ3) is 4.29. The summed E-state index contributed by atoms with van der Waals surface area (Å²) >= 11 is 0. The van der Waals surface area contributed by atoms with Crippen LogP contribution in [0.5, 0.6) is 0 Å². The number of carbonyl (C=O) groups excluding carboxylic acids is 2. The molecular formula is C16H20O6-2. The molecule has 0 saturated carbocycles. The van der Waals surface area contributed by atoms with Gasteiger partial charge in [-0.15, -0.1) is 0 Å². The summed E-state index contributed by atoms with van der Waals surface area (Å²) in [5.74, 6) is -3.28. The van der Waals surface area contributed by atoms with Gasteiger partial charge in [0.1, 0.15) is 0 Å². The van der Waals surface area contributed by atoms with E-state index in [9.17, 15) is 30.0 Å². The van der Waals surface area contributed by atoms with Crippen molar-refractivity contribution in [3.05, 3.63) is 34.4 Å². The van der Waals surface area contributed by atoms with Gasteiger partial charge in [0.25, 0.3) is 0 Å².